The highest BCUT2D eigenvalue weighted by Crippen LogP contribution is 2.25. The van der Waals surface area contributed by atoms with Gasteiger partial charge in [-0.1, -0.05) is 12.1 Å². The minimum absolute atomic E-state index is 0.0457. The summed E-state index contributed by atoms with van der Waals surface area (Å²) in [5.41, 5.74) is 0.672. The summed E-state index contributed by atoms with van der Waals surface area (Å²) in [6.07, 6.45) is 0. The Morgan fingerprint density at radius 2 is 1.73 bits per heavy atom. The fourth-order valence-electron chi connectivity index (χ4n) is 2.87. The van der Waals surface area contributed by atoms with Gasteiger partial charge in [0.2, 0.25) is 20.0 Å². The summed E-state index contributed by atoms with van der Waals surface area (Å²) < 4.78 is 64.8. The Labute approximate surface area is 194 Å². The van der Waals surface area contributed by atoms with Crippen molar-refractivity contribution in [3.63, 3.8) is 0 Å². The molecule has 0 saturated carbocycles. The highest BCUT2D eigenvalue weighted by atomic mass is 32.2. The van der Waals surface area contributed by atoms with Gasteiger partial charge in [-0.2, -0.15) is 0 Å². The van der Waals surface area contributed by atoms with Gasteiger partial charge in [-0.05, 0) is 49.7 Å². The van der Waals surface area contributed by atoms with E-state index in [4.69, 9.17) is 9.47 Å². The molecule has 182 valence electrons. The SMILES string of the molecule is COCCNS(=O)(=O)c1cc(C(=O)NCc2cccc(S(=O)(=O)NC(C)C)c2)ccc1OC. The van der Waals surface area contributed by atoms with Crippen LogP contribution in [0.2, 0.25) is 0 Å². The fraction of sp³-hybridized carbons (Fsp3) is 0.381. The molecular formula is C21H29N3O7S2. The summed E-state index contributed by atoms with van der Waals surface area (Å²) in [6.45, 7) is 3.73. The van der Waals surface area contributed by atoms with E-state index in [0.717, 1.165) is 0 Å². The maximum absolute atomic E-state index is 12.7. The standard InChI is InChI=1S/C21H29N3O7S2/c1-15(2)24-32(26,27)18-7-5-6-16(12-18)14-22-21(25)17-8-9-19(31-4)20(13-17)33(28,29)23-10-11-30-3/h5-9,12-13,15,23-24H,10-11,14H2,1-4H3,(H,22,25). The van der Waals surface area contributed by atoms with E-state index in [-0.39, 0.29) is 46.8 Å². The first-order valence-electron chi connectivity index (χ1n) is 10.1. The molecule has 3 N–H and O–H groups in total. The molecular weight excluding hydrogens is 470 g/mol. The van der Waals surface area contributed by atoms with Crippen LogP contribution in [-0.4, -0.2) is 56.2 Å². The van der Waals surface area contributed by atoms with E-state index in [1.54, 1.807) is 26.0 Å². The molecule has 0 fully saturated rings. The molecule has 0 spiro atoms. The molecule has 2 rings (SSSR count). The predicted octanol–water partition coefficient (Wildman–Crippen LogP) is 1.24. The minimum atomic E-state index is -3.94. The number of carbonyl (C=O) groups is 1. The van der Waals surface area contributed by atoms with Crippen LogP contribution in [0.3, 0.4) is 0 Å². The minimum Gasteiger partial charge on any atom is -0.495 e. The van der Waals surface area contributed by atoms with E-state index in [1.807, 2.05) is 0 Å². The molecule has 12 heteroatoms. The monoisotopic (exact) mass is 499 g/mol. The van der Waals surface area contributed by atoms with Gasteiger partial charge in [0, 0.05) is 31.8 Å². The number of nitrogens with one attached hydrogen (secondary N) is 3. The van der Waals surface area contributed by atoms with E-state index in [9.17, 15) is 21.6 Å². The topological polar surface area (TPSA) is 140 Å². The number of rotatable bonds is 12. The van der Waals surface area contributed by atoms with Crippen molar-refractivity contribution in [1.29, 1.82) is 0 Å². The van der Waals surface area contributed by atoms with Crippen LogP contribution in [0.5, 0.6) is 5.75 Å². The van der Waals surface area contributed by atoms with Crippen LogP contribution in [0.4, 0.5) is 0 Å². The summed E-state index contributed by atoms with van der Waals surface area (Å²) in [4.78, 5) is 12.6. The number of ether oxygens (including phenoxy) is 2. The molecule has 1 amide bonds. The van der Waals surface area contributed by atoms with Gasteiger partial charge in [0.25, 0.3) is 5.91 Å². The average Bonchev–Trinajstić information content (AvgIpc) is 2.76. The van der Waals surface area contributed by atoms with Crippen molar-refractivity contribution in [2.75, 3.05) is 27.4 Å². The van der Waals surface area contributed by atoms with E-state index < -0.39 is 26.0 Å². The first-order valence-corrected chi connectivity index (χ1v) is 13.0. The molecule has 0 atom stereocenters. The Balaban J connectivity index is 2.19. The first-order chi connectivity index (χ1) is 15.5. The molecule has 0 bridgehead atoms. The number of hydrogen-bond donors (Lipinski definition) is 3. The van der Waals surface area contributed by atoms with Crippen LogP contribution >= 0.6 is 0 Å². The first kappa shape index (κ1) is 26.7. The van der Waals surface area contributed by atoms with E-state index in [0.29, 0.717) is 5.56 Å². The van der Waals surface area contributed by atoms with Gasteiger partial charge in [0.15, 0.2) is 0 Å². The number of sulfonamides is 2. The van der Waals surface area contributed by atoms with Gasteiger partial charge in [-0.15, -0.1) is 0 Å². The van der Waals surface area contributed by atoms with Gasteiger partial charge >= 0.3 is 0 Å². The Hall–Kier alpha value is -2.51. The summed E-state index contributed by atoms with van der Waals surface area (Å²) in [6, 6.07) is 9.99. The van der Waals surface area contributed by atoms with Crippen molar-refractivity contribution in [3.05, 3.63) is 53.6 Å². The lowest BCUT2D eigenvalue weighted by Crippen LogP contribution is -2.30. The van der Waals surface area contributed by atoms with Crippen LogP contribution in [0.15, 0.2) is 52.3 Å². The van der Waals surface area contributed by atoms with Crippen molar-refractivity contribution >= 4 is 26.0 Å². The van der Waals surface area contributed by atoms with Crippen LogP contribution in [-0.2, 0) is 31.3 Å². The largest absolute Gasteiger partial charge is 0.495 e. The Kier molecular flexibility index (Phi) is 9.37. The quantitative estimate of drug-likeness (QED) is 0.373. The second kappa shape index (κ2) is 11.6. The highest BCUT2D eigenvalue weighted by molar-refractivity contribution is 7.89. The van der Waals surface area contributed by atoms with Crippen molar-refractivity contribution in [1.82, 2.24) is 14.8 Å². The third-order valence-electron chi connectivity index (χ3n) is 4.37. The zero-order valence-corrected chi connectivity index (χ0v) is 20.5. The molecule has 33 heavy (non-hydrogen) atoms. The molecule has 10 nitrogen and oxygen atoms in total. The normalized spacial score (nSPS) is 12.0. The zero-order valence-electron chi connectivity index (χ0n) is 18.9. The van der Waals surface area contributed by atoms with Crippen LogP contribution in [0.25, 0.3) is 0 Å². The molecule has 0 aromatic heterocycles. The van der Waals surface area contributed by atoms with Crippen LogP contribution in [0, 0.1) is 0 Å². The Bertz CT molecular complexity index is 1180. The summed E-state index contributed by atoms with van der Waals surface area (Å²) in [5.74, 6) is -0.438. The summed E-state index contributed by atoms with van der Waals surface area (Å²) >= 11 is 0. The van der Waals surface area contributed by atoms with Crippen molar-refractivity contribution in [2.24, 2.45) is 0 Å². The van der Waals surface area contributed by atoms with Gasteiger partial charge in [0.1, 0.15) is 10.6 Å². The highest BCUT2D eigenvalue weighted by Gasteiger charge is 2.21. The maximum Gasteiger partial charge on any atom is 0.251 e. The third kappa shape index (κ3) is 7.51. The predicted molar refractivity (Wildman–Crippen MR) is 123 cm³/mol. The number of carbonyl (C=O) groups excluding carboxylic acids is 1. The number of hydrogen-bond acceptors (Lipinski definition) is 7. The molecule has 0 aliphatic rings. The second-order valence-electron chi connectivity index (χ2n) is 7.36. The molecule has 0 heterocycles. The number of methoxy groups -OCH3 is 2. The van der Waals surface area contributed by atoms with Gasteiger partial charge in [0.05, 0.1) is 18.6 Å². The van der Waals surface area contributed by atoms with E-state index in [1.165, 1.54) is 44.6 Å². The van der Waals surface area contributed by atoms with Crippen molar-refractivity contribution < 1.29 is 31.1 Å². The van der Waals surface area contributed by atoms with E-state index in [2.05, 4.69) is 14.8 Å². The smallest absolute Gasteiger partial charge is 0.251 e. The average molecular weight is 500 g/mol. The van der Waals surface area contributed by atoms with Crippen LogP contribution in [0.1, 0.15) is 29.8 Å². The van der Waals surface area contributed by atoms with Crippen molar-refractivity contribution in [3.8, 4) is 5.75 Å². The molecule has 0 unspecified atom stereocenters. The molecule has 2 aromatic rings. The third-order valence-corrected chi connectivity index (χ3v) is 7.50. The van der Waals surface area contributed by atoms with E-state index >= 15 is 0 Å². The molecule has 0 radical (unpaired) electrons. The Morgan fingerprint density at radius 1 is 1.00 bits per heavy atom. The molecule has 2 aromatic carbocycles. The lowest BCUT2D eigenvalue weighted by Gasteiger charge is -2.13. The van der Waals surface area contributed by atoms with Gasteiger partial charge < -0.3 is 14.8 Å². The molecule has 0 aliphatic heterocycles. The summed E-state index contributed by atoms with van der Waals surface area (Å²) in [5, 5.41) is 2.67. The number of benzene rings is 2. The number of amides is 1. The lowest BCUT2D eigenvalue weighted by atomic mass is 10.2. The zero-order chi connectivity index (χ0) is 24.6. The molecule has 0 saturated heterocycles. The van der Waals surface area contributed by atoms with Crippen molar-refractivity contribution in [2.45, 2.75) is 36.2 Å². The fourth-order valence-corrected chi connectivity index (χ4v) is 5.40. The van der Waals surface area contributed by atoms with Gasteiger partial charge in [-0.25, -0.2) is 26.3 Å². The van der Waals surface area contributed by atoms with Gasteiger partial charge in [-0.3, -0.25) is 4.79 Å². The second-order valence-corrected chi connectivity index (χ2v) is 10.8. The van der Waals surface area contributed by atoms with Crippen LogP contribution < -0.4 is 19.5 Å². The summed E-state index contributed by atoms with van der Waals surface area (Å²) in [7, 11) is -4.83. The Morgan fingerprint density at radius 3 is 2.36 bits per heavy atom. The maximum atomic E-state index is 12.7. The lowest BCUT2D eigenvalue weighted by molar-refractivity contribution is 0.0950. The molecule has 0 aliphatic carbocycles.